The largest absolute Gasteiger partial charge is 0.382 e. The summed E-state index contributed by atoms with van der Waals surface area (Å²) in [6.07, 6.45) is 5.52. The number of anilines is 1. The summed E-state index contributed by atoms with van der Waals surface area (Å²) in [7, 11) is 1.97. The standard InChI is InChI=1S/C16H22N4/c1-16(2)8-7-14(10-16)18-13-6-4-5-12(9-13)15-19-17-11-20(15)3/h4-6,9,11,14,18H,7-8,10H2,1-3H3. The van der Waals surface area contributed by atoms with Gasteiger partial charge in [-0.1, -0.05) is 26.0 Å². The second-order valence-electron chi connectivity index (χ2n) is 6.59. The van der Waals surface area contributed by atoms with E-state index in [2.05, 4.69) is 53.6 Å². The molecule has 1 aliphatic carbocycles. The first-order valence-corrected chi connectivity index (χ1v) is 7.24. The summed E-state index contributed by atoms with van der Waals surface area (Å²) in [5.41, 5.74) is 2.75. The third-order valence-corrected chi connectivity index (χ3v) is 4.17. The summed E-state index contributed by atoms with van der Waals surface area (Å²) in [6.45, 7) is 4.70. The number of aromatic nitrogens is 3. The number of nitrogens with zero attached hydrogens (tertiary/aromatic N) is 3. The van der Waals surface area contributed by atoms with E-state index < -0.39 is 0 Å². The van der Waals surface area contributed by atoms with E-state index in [0.717, 1.165) is 11.4 Å². The maximum atomic E-state index is 4.17. The van der Waals surface area contributed by atoms with Gasteiger partial charge >= 0.3 is 0 Å². The van der Waals surface area contributed by atoms with Crippen molar-refractivity contribution in [2.75, 3.05) is 5.32 Å². The Balaban J connectivity index is 1.77. The van der Waals surface area contributed by atoms with Crippen molar-refractivity contribution in [2.24, 2.45) is 12.5 Å². The molecule has 1 unspecified atom stereocenters. The molecule has 0 aliphatic heterocycles. The minimum atomic E-state index is 0.471. The third-order valence-electron chi connectivity index (χ3n) is 4.17. The van der Waals surface area contributed by atoms with Crippen molar-refractivity contribution in [1.29, 1.82) is 0 Å². The lowest BCUT2D eigenvalue weighted by atomic mass is 9.92. The first kappa shape index (κ1) is 13.2. The molecular weight excluding hydrogens is 248 g/mol. The van der Waals surface area contributed by atoms with Gasteiger partial charge in [-0.3, -0.25) is 0 Å². The van der Waals surface area contributed by atoms with E-state index >= 15 is 0 Å². The summed E-state index contributed by atoms with van der Waals surface area (Å²) >= 11 is 0. The van der Waals surface area contributed by atoms with Crippen LogP contribution in [-0.2, 0) is 7.05 Å². The SMILES string of the molecule is Cn1cnnc1-c1cccc(NC2CCC(C)(C)C2)c1. The van der Waals surface area contributed by atoms with E-state index in [1.807, 2.05) is 11.6 Å². The predicted molar refractivity (Wildman–Crippen MR) is 81.5 cm³/mol. The molecule has 0 bridgehead atoms. The molecule has 4 heteroatoms. The van der Waals surface area contributed by atoms with Crippen LogP contribution < -0.4 is 5.32 Å². The van der Waals surface area contributed by atoms with Gasteiger partial charge in [-0.05, 0) is 36.8 Å². The Morgan fingerprint density at radius 3 is 2.85 bits per heavy atom. The van der Waals surface area contributed by atoms with Gasteiger partial charge in [0.2, 0.25) is 0 Å². The van der Waals surface area contributed by atoms with Crippen molar-refractivity contribution in [3.05, 3.63) is 30.6 Å². The molecule has 0 amide bonds. The Kier molecular flexibility index (Phi) is 3.24. The van der Waals surface area contributed by atoms with Crippen LogP contribution in [0.4, 0.5) is 5.69 Å². The highest BCUT2D eigenvalue weighted by Crippen LogP contribution is 2.38. The lowest BCUT2D eigenvalue weighted by molar-refractivity contribution is 0.378. The number of nitrogens with one attached hydrogen (secondary N) is 1. The van der Waals surface area contributed by atoms with E-state index in [1.165, 1.54) is 24.9 Å². The summed E-state index contributed by atoms with van der Waals surface area (Å²) in [6, 6.07) is 9.03. The number of benzene rings is 1. The summed E-state index contributed by atoms with van der Waals surface area (Å²) in [4.78, 5) is 0. The second-order valence-corrected chi connectivity index (χ2v) is 6.59. The van der Waals surface area contributed by atoms with Crippen LogP contribution in [0.3, 0.4) is 0 Å². The van der Waals surface area contributed by atoms with Crippen LogP contribution in [0.25, 0.3) is 11.4 Å². The summed E-state index contributed by atoms with van der Waals surface area (Å²) < 4.78 is 1.94. The molecule has 1 heterocycles. The number of hydrogen-bond donors (Lipinski definition) is 1. The lowest BCUT2D eigenvalue weighted by Gasteiger charge is -2.19. The highest BCUT2D eigenvalue weighted by atomic mass is 15.2. The summed E-state index contributed by atoms with van der Waals surface area (Å²) in [5, 5.41) is 11.8. The van der Waals surface area contributed by atoms with Gasteiger partial charge in [0.05, 0.1) is 0 Å². The molecule has 1 aromatic carbocycles. The fraction of sp³-hybridized carbons (Fsp3) is 0.500. The highest BCUT2D eigenvalue weighted by Gasteiger charge is 2.30. The van der Waals surface area contributed by atoms with E-state index in [-0.39, 0.29) is 0 Å². The Morgan fingerprint density at radius 2 is 2.20 bits per heavy atom. The predicted octanol–water partition coefficient (Wildman–Crippen LogP) is 3.47. The average molecular weight is 270 g/mol. The molecule has 1 aliphatic rings. The zero-order valence-corrected chi connectivity index (χ0v) is 12.4. The molecule has 3 rings (SSSR count). The van der Waals surface area contributed by atoms with Crippen molar-refractivity contribution < 1.29 is 0 Å². The molecule has 4 nitrogen and oxygen atoms in total. The van der Waals surface area contributed by atoms with Crippen molar-refractivity contribution in [1.82, 2.24) is 14.8 Å². The Bertz CT molecular complexity index is 600. The molecule has 0 radical (unpaired) electrons. The second kappa shape index (κ2) is 4.93. The van der Waals surface area contributed by atoms with Gasteiger partial charge in [0.25, 0.3) is 0 Å². The molecule has 1 fully saturated rings. The van der Waals surface area contributed by atoms with Gasteiger partial charge in [0, 0.05) is 24.3 Å². The van der Waals surface area contributed by atoms with Crippen LogP contribution in [0.5, 0.6) is 0 Å². The Labute approximate surface area is 120 Å². The molecule has 2 aromatic rings. The number of hydrogen-bond acceptors (Lipinski definition) is 3. The Hall–Kier alpha value is -1.84. The monoisotopic (exact) mass is 270 g/mol. The van der Waals surface area contributed by atoms with Crippen LogP contribution in [0.2, 0.25) is 0 Å². The van der Waals surface area contributed by atoms with E-state index in [4.69, 9.17) is 0 Å². The fourth-order valence-electron chi connectivity index (χ4n) is 3.09. The Morgan fingerprint density at radius 1 is 1.35 bits per heavy atom. The topological polar surface area (TPSA) is 42.7 Å². The van der Waals surface area contributed by atoms with E-state index in [1.54, 1.807) is 6.33 Å². The van der Waals surface area contributed by atoms with Crippen LogP contribution in [0.1, 0.15) is 33.1 Å². The van der Waals surface area contributed by atoms with Gasteiger partial charge in [-0.15, -0.1) is 10.2 Å². The van der Waals surface area contributed by atoms with Crippen molar-refractivity contribution in [3.63, 3.8) is 0 Å². The van der Waals surface area contributed by atoms with Crippen LogP contribution in [0, 0.1) is 5.41 Å². The van der Waals surface area contributed by atoms with Crippen molar-refractivity contribution in [3.8, 4) is 11.4 Å². The van der Waals surface area contributed by atoms with Gasteiger partial charge in [-0.25, -0.2) is 0 Å². The first-order valence-electron chi connectivity index (χ1n) is 7.24. The molecule has 0 spiro atoms. The minimum Gasteiger partial charge on any atom is -0.382 e. The smallest absolute Gasteiger partial charge is 0.163 e. The first-order chi connectivity index (χ1) is 9.53. The van der Waals surface area contributed by atoms with E-state index in [0.29, 0.717) is 11.5 Å². The highest BCUT2D eigenvalue weighted by molar-refractivity contribution is 5.62. The zero-order chi connectivity index (χ0) is 14.2. The van der Waals surface area contributed by atoms with Crippen LogP contribution >= 0.6 is 0 Å². The number of rotatable bonds is 3. The average Bonchev–Trinajstić information content (AvgIpc) is 2.96. The normalized spacial score (nSPS) is 21.1. The van der Waals surface area contributed by atoms with Crippen molar-refractivity contribution in [2.45, 2.75) is 39.2 Å². The molecule has 1 atom stereocenters. The lowest BCUT2D eigenvalue weighted by Crippen LogP contribution is -2.17. The molecule has 1 aromatic heterocycles. The zero-order valence-electron chi connectivity index (χ0n) is 12.4. The molecule has 20 heavy (non-hydrogen) atoms. The maximum Gasteiger partial charge on any atom is 0.163 e. The molecule has 1 saturated carbocycles. The van der Waals surface area contributed by atoms with Gasteiger partial charge in [-0.2, -0.15) is 0 Å². The quantitative estimate of drug-likeness (QED) is 0.928. The fourth-order valence-corrected chi connectivity index (χ4v) is 3.09. The molecule has 106 valence electrons. The molecule has 0 saturated heterocycles. The number of aryl methyl sites for hydroxylation is 1. The van der Waals surface area contributed by atoms with Gasteiger partial charge < -0.3 is 9.88 Å². The molecular formula is C16H22N4. The van der Waals surface area contributed by atoms with Crippen LogP contribution in [0.15, 0.2) is 30.6 Å². The van der Waals surface area contributed by atoms with Gasteiger partial charge in [0.15, 0.2) is 5.82 Å². The maximum absolute atomic E-state index is 4.17. The summed E-state index contributed by atoms with van der Waals surface area (Å²) in [5.74, 6) is 0.903. The van der Waals surface area contributed by atoms with Gasteiger partial charge in [0.1, 0.15) is 6.33 Å². The van der Waals surface area contributed by atoms with Crippen molar-refractivity contribution >= 4 is 5.69 Å². The van der Waals surface area contributed by atoms with E-state index in [9.17, 15) is 0 Å². The third kappa shape index (κ3) is 2.69. The minimum absolute atomic E-state index is 0.471. The van der Waals surface area contributed by atoms with Crippen LogP contribution in [-0.4, -0.2) is 20.8 Å². The molecule has 1 N–H and O–H groups in total.